The first-order valence-electron chi connectivity index (χ1n) is 12.0. The van der Waals surface area contributed by atoms with Crippen molar-refractivity contribution in [1.82, 2.24) is 9.80 Å². The number of piperazine rings is 1. The smallest absolute Gasteiger partial charge is 0.134 e. The molecular weight excluding hydrogens is 491 g/mol. The summed E-state index contributed by atoms with van der Waals surface area (Å²) in [5.41, 5.74) is 1.51. The van der Waals surface area contributed by atoms with Crippen LogP contribution in [0.25, 0.3) is 11.0 Å². The number of aliphatic hydroxyl groups is 1. The molecule has 1 unspecified atom stereocenters. The highest BCUT2D eigenvalue weighted by Gasteiger charge is 2.40. The first-order valence-corrected chi connectivity index (χ1v) is 12.4. The van der Waals surface area contributed by atoms with E-state index in [0.717, 1.165) is 81.3 Å². The summed E-state index contributed by atoms with van der Waals surface area (Å²) >= 11 is 6.33. The van der Waals surface area contributed by atoms with Crippen LogP contribution in [0.5, 0.6) is 0 Å². The van der Waals surface area contributed by atoms with Crippen LogP contribution in [0.2, 0.25) is 5.02 Å². The Morgan fingerprint density at radius 2 is 1.59 bits per heavy atom. The zero-order valence-corrected chi connectivity index (χ0v) is 21.9. The van der Waals surface area contributed by atoms with Gasteiger partial charge in [0.2, 0.25) is 0 Å². The number of para-hydroxylation sites is 1. The van der Waals surface area contributed by atoms with Gasteiger partial charge in [0.05, 0.1) is 12.1 Å². The molecule has 1 aliphatic heterocycles. The van der Waals surface area contributed by atoms with E-state index in [0.29, 0.717) is 0 Å². The third-order valence-electron chi connectivity index (χ3n) is 7.38. The number of halogens is 3. The molecule has 1 aliphatic carbocycles. The van der Waals surface area contributed by atoms with Crippen LogP contribution in [-0.4, -0.2) is 53.2 Å². The molecule has 1 aromatic heterocycles. The minimum Gasteiger partial charge on any atom is -0.460 e. The Labute approximate surface area is 220 Å². The number of benzene rings is 2. The molecule has 2 fully saturated rings. The second-order valence-electron chi connectivity index (χ2n) is 9.60. The zero-order valence-electron chi connectivity index (χ0n) is 19.5. The van der Waals surface area contributed by atoms with Crippen LogP contribution in [0.15, 0.2) is 59.0 Å². The van der Waals surface area contributed by atoms with E-state index in [9.17, 15) is 5.11 Å². The van der Waals surface area contributed by atoms with Gasteiger partial charge in [0, 0.05) is 49.1 Å². The van der Waals surface area contributed by atoms with Gasteiger partial charge in [-0.3, -0.25) is 4.90 Å². The molecule has 186 valence electrons. The predicted molar refractivity (Wildman–Crippen MR) is 145 cm³/mol. The molecule has 1 N–H and O–H groups in total. The van der Waals surface area contributed by atoms with Crippen molar-refractivity contribution in [3.8, 4) is 0 Å². The average molecular weight is 526 g/mol. The van der Waals surface area contributed by atoms with Crippen molar-refractivity contribution < 1.29 is 9.52 Å². The number of furan rings is 1. The van der Waals surface area contributed by atoms with Crippen molar-refractivity contribution in [1.29, 1.82) is 0 Å². The summed E-state index contributed by atoms with van der Waals surface area (Å²) in [6.07, 6.45) is 5.22. The van der Waals surface area contributed by atoms with Gasteiger partial charge in [-0.15, -0.1) is 24.8 Å². The Hall–Kier alpha value is -1.27. The summed E-state index contributed by atoms with van der Waals surface area (Å²) in [6.45, 7) is 5.77. The molecule has 1 atom stereocenters. The van der Waals surface area contributed by atoms with E-state index < -0.39 is 5.60 Å². The van der Waals surface area contributed by atoms with E-state index in [2.05, 4.69) is 40.1 Å². The van der Waals surface area contributed by atoms with Gasteiger partial charge in [-0.1, -0.05) is 61.2 Å². The zero-order chi connectivity index (χ0) is 22.0. The largest absolute Gasteiger partial charge is 0.460 e. The second-order valence-corrected chi connectivity index (χ2v) is 10.0. The summed E-state index contributed by atoms with van der Waals surface area (Å²) in [5, 5.41) is 13.6. The maximum absolute atomic E-state index is 11.6. The van der Waals surface area contributed by atoms with Crippen molar-refractivity contribution >= 4 is 47.4 Å². The van der Waals surface area contributed by atoms with Gasteiger partial charge in [0.25, 0.3) is 0 Å². The normalized spacial score (nSPS) is 19.8. The van der Waals surface area contributed by atoms with Crippen molar-refractivity contribution in [2.75, 3.05) is 32.7 Å². The number of hydrogen-bond acceptors (Lipinski definition) is 4. The monoisotopic (exact) mass is 524 g/mol. The molecule has 34 heavy (non-hydrogen) atoms. The highest BCUT2D eigenvalue weighted by molar-refractivity contribution is 6.30. The van der Waals surface area contributed by atoms with E-state index in [1.807, 2.05) is 24.3 Å². The van der Waals surface area contributed by atoms with Gasteiger partial charge < -0.3 is 14.4 Å². The molecule has 4 nitrogen and oxygen atoms in total. The van der Waals surface area contributed by atoms with Crippen molar-refractivity contribution in [2.24, 2.45) is 0 Å². The number of rotatable bonds is 6. The third-order valence-corrected chi connectivity index (χ3v) is 7.62. The molecule has 1 saturated carbocycles. The summed E-state index contributed by atoms with van der Waals surface area (Å²) in [7, 11) is 0. The average Bonchev–Trinajstić information content (AvgIpc) is 3.21. The molecule has 2 aromatic carbocycles. The van der Waals surface area contributed by atoms with Crippen LogP contribution in [0.4, 0.5) is 0 Å². The van der Waals surface area contributed by atoms with Gasteiger partial charge in [-0.05, 0) is 42.7 Å². The van der Waals surface area contributed by atoms with E-state index in [1.54, 1.807) is 0 Å². The minimum absolute atomic E-state index is 0. The van der Waals surface area contributed by atoms with Gasteiger partial charge >= 0.3 is 0 Å². The van der Waals surface area contributed by atoms with E-state index in [4.69, 9.17) is 16.0 Å². The fraction of sp³-hybridized carbons (Fsp3) is 0.481. The lowest BCUT2D eigenvalue weighted by molar-refractivity contribution is -0.0345. The molecule has 1 saturated heterocycles. The van der Waals surface area contributed by atoms with Gasteiger partial charge in [-0.25, -0.2) is 0 Å². The summed E-state index contributed by atoms with van der Waals surface area (Å²) in [4.78, 5) is 4.99. The van der Waals surface area contributed by atoms with Crippen LogP contribution in [0.1, 0.15) is 49.3 Å². The Kier molecular flexibility index (Phi) is 9.74. The summed E-state index contributed by atoms with van der Waals surface area (Å²) in [5.74, 6) is 1.14. The third kappa shape index (κ3) is 6.29. The topological polar surface area (TPSA) is 39.9 Å². The van der Waals surface area contributed by atoms with Crippen molar-refractivity contribution in [3.63, 3.8) is 0 Å². The number of hydrogen-bond donors (Lipinski definition) is 1. The first-order chi connectivity index (χ1) is 15.6. The Bertz CT molecular complexity index is 1010. The van der Waals surface area contributed by atoms with Gasteiger partial charge in [0.15, 0.2) is 0 Å². The molecule has 0 bridgehead atoms. The summed E-state index contributed by atoms with van der Waals surface area (Å²) < 4.78 is 6.02. The van der Waals surface area contributed by atoms with Crippen molar-refractivity contribution in [2.45, 2.75) is 50.2 Å². The SMILES string of the molecule is Cl.Cl.OC1(C(CN2CCN(Cc3cc4ccccc4o3)CC2)c2cccc(Cl)c2)CCCCC1. The van der Waals surface area contributed by atoms with Crippen molar-refractivity contribution in [3.05, 3.63) is 70.9 Å². The Balaban J connectivity index is 0.00000162. The van der Waals surface area contributed by atoms with E-state index in [-0.39, 0.29) is 30.7 Å². The fourth-order valence-electron chi connectivity index (χ4n) is 5.54. The predicted octanol–water partition coefficient (Wildman–Crippen LogP) is 6.53. The maximum atomic E-state index is 11.6. The van der Waals surface area contributed by atoms with Crippen LogP contribution >= 0.6 is 36.4 Å². The molecule has 0 spiro atoms. The molecule has 0 amide bonds. The van der Waals surface area contributed by atoms with Crippen LogP contribution in [0, 0.1) is 0 Å². The standard InChI is InChI=1S/C27H33ClN2O2.2ClH/c28-23-9-6-8-21(17-23)25(27(31)11-4-1-5-12-27)20-30-15-13-29(14-16-30)19-24-18-22-7-2-3-10-26(22)32-24;;/h2-3,6-10,17-18,25,31H,1,4-5,11-16,19-20H2;2*1H. The molecule has 3 aromatic rings. The highest BCUT2D eigenvalue weighted by atomic mass is 35.5. The van der Waals surface area contributed by atoms with Gasteiger partial charge in [-0.2, -0.15) is 0 Å². The molecule has 7 heteroatoms. The molecule has 2 heterocycles. The quantitative estimate of drug-likeness (QED) is 0.397. The van der Waals surface area contributed by atoms with Gasteiger partial charge in [0.1, 0.15) is 11.3 Å². The van der Waals surface area contributed by atoms with Crippen LogP contribution < -0.4 is 0 Å². The Morgan fingerprint density at radius 1 is 0.882 bits per heavy atom. The van der Waals surface area contributed by atoms with E-state index in [1.165, 1.54) is 17.4 Å². The number of fused-ring (bicyclic) bond motifs is 1. The fourth-order valence-corrected chi connectivity index (χ4v) is 5.74. The Morgan fingerprint density at radius 3 is 2.29 bits per heavy atom. The number of nitrogens with zero attached hydrogens (tertiary/aromatic N) is 2. The summed E-state index contributed by atoms with van der Waals surface area (Å²) in [6, 6.07) is 18.5. The molecule has 2 aliphatic rings. The lowest BCUT2D eigenvalue weighted by Crippen LogP contribution is -2.50. The van der Waals surface area contributed by atoms with E-state index >= 15 is 0 Å². The first kappa shape index (κ1) is 27.3. The van der Waals surface area contributed by atoms with Crippen LogP contribution in [-0.2, 0) is 6.54 Å². The molecule has 0 radical (unpaired) electrons. The second kappa shape index (κ2) is 12.1. The molecule has 5 rings (SSSR count). The maximum Gasteiger partial charge on any atom is 0.134 e. The highest BCUT2D eigenvalue weighted by Crippen LogP contribution is 2.41. The minimum atomic E-state index is -0.631. The molecular formula is C27H35Cl3N2O2. The van der Waals surface area contributed by atoms with Crippen LogP contribution in [0.3, 0.4) is 0 Å². The lowest BCUT2D eigenvalue weighted by atomic mass is 9.72. The lowest BCUT2D eigenvalue weighted by Gasteiger charge is -2.43.